The van der Waals surface area contributed by atoms with Crippen molar-refractivity contribution in [2.45, 2.75) is 77.6 Å². The maximum absolute atomic E-state index is 9.17. The van der Waals surface area contributed by atoms with E-state index in [1.807, 2.05) is 0 Å². The van der Waals surface area contributed by atoms with Crippen molar-refractivity contribution in [3.63, 3.8) is 0 Å². The molecule has 2 aromatic rings. The van der Waals surface area contributed by atoms with Crippen molar-refractivity contribution in [1.29, 1.82) is 0 Å². The lowest BCUT2D eigenvalue weighted by atomic mass is 9.92. The van der Waals surface area contributed by atoms with E-state index >= 15 is 0 Å². The summed E-state index contributed by atoms with van der Waals surface area (Å²) < 4.78 is 5.18. The normalized spacial score (nSPS) is 11.1. The van der Waals surface area contributed by atoms with Crippen LogP contribution in [0.1, 0.15) is 75.0 Å². The highest BCUT2D eigenvalue weighted by molar-refractivity contribution is 5.68. The Morgan fingerprint density at radius 2 is 1.55 bits per heavy atom. The maximum atomic E-state index is 9.17. The molecule has 0 bridgehead atoms. The van der Waals surface area contributed by atoms with Gasteiger partial charge < -0.3 is 9.84 Å². The van der Waals surface area contributed by atoms with Crippen molar-refractivity contribution >= 4 is 0 Å². The zero-order valence-electron chi connectivity index (χ0n) is 19.8. The Kier molecular flexibility index (Phi) is 12.3. The van der Waals surface area contributed by atoms with Crippen molar-refractivity contribution in [1.82, 2.24) is 0 Å². The predicted octanol–water partition coefficient (Wildman–Crippen LogP) is 7.32. The second-order valence-corrected chi connectivity index (χ2v) is 8.71. The third-order valence-corrected chi connectivity index (χ3v) is 6.02. The first kappa shape index (κ1) is 25.4. The van der Waals surface area contributed by atoms with Crippen LogP contribution in [0.4, 0.5) is 0 Å². The van der Waals surface area contributed by atoms with E-state index in [0.717, 1.165) is 50.7 Å². The van der Waals surface area contributed by atoms with Crippen molar-refractivity contribution in [3.05, 3.63) is 71.3 Å². The number of methoxy groups -OCH3 is 1. The van der Waals surface area contributed by atoms with Gasteiger partial charge in [-0.15, -0.1) is 0 Å². The summed E-state index contributed by atoms with van der Waals surface area (Å²) in [6.45, 7) is 7.10. The summed E-state index contributed by atoms with van der Waals surface area (Å²) in [6, 6.07) is 16.1. The van der Waals surface area contributed by atoms with Gasteiger partial charge >= 0.3 is 0 Å². The maximum Gasteiger partial charge on any atom is 0.0639 e. The highest BCUT2D eigenvalue weighted by Gasteiger charge is 2.08. The molecule has 0 aliphatic heterocycles. The molecule has 0 aliphatic rings. The highest BCUT2D eigenvalue weighted by atomic mass is 16.5. The third kappa shape index (κ3) is 9.41. The van der Waals surface area contributed by atoms with Crippen LogP contribution in [0.2, 0.25) is 0 Å². The molecule has 0 aromatic heterocycles. The molecule has 0 amide bonds. The molecule has 0 radical (unpaired) electrons. The van der Waals surface area contributed by atoms with E-state index in [0.29, 0.717) is 0 Å². The minimum absolute atomic E-state index is 0.101. The van der Waals surface area contributed by atoms with Crippen LogP contribution in [0, 0.1) is 0 Å². The average Bonchev–Trinajstić information content (AvgIpc) is 2.80. The zero-order valence-corrected chi connectivity index (χ0v) is 19.8. The molecule has 0 heterocycles. The monoisotopic (exact) mass is 422 g/mol. The van der Waals surface area contributed by atoms with Gasteiger partial charge in [-0.05, 0) is 72.8 Å². The number of ether oxygens (including phenoxy) is 1. The summed E-state index contributed by atoms with van der Waals surface area (Å²) in [6.07, 6.45) is 12.8. The Bertz CT molecular complexity index is 761. The van der Waals surface area contributed by atoms with Crippen LogP contribution >= 0.6 is 0 Å². The molecule has 31 heavy (non-hydrogen) atoms. The lowest BCUT2D eigenvalue weighted by Crippen LogP contribution is -1.97. The number of hydrogen-bond acceptors (Lipinski definition) is 2. The fraction of sp³-hybridized carbons (Fsp3) is 0.517. The van der Waals surface area contributed by atoms with Crippen LogP contribution in [0.25, 0.3) is 11.1 Å². The molecule has 0 saturated carbocycles. The van der Waals surface area contributed by atoms with Gasteiger partial charge in [0.25, 0.3) is 0 Å². The van der Waals surface area contributed by atoms with Gasteiger partial charge in [0.1, 0.15) is 0 Å². The van der Waals surface area contributed by atoms with Crippen molar-refractivity contribution < 1.29 is 9.84 Å². The lowest BCUT2D eigenvalue weighted by molar-refractivity contribution is 0.195. The lowest BCUT2D eigenvalue weighted by Gasteiger charge is -2.14. The predicted molar refractivity (Wildman–Crippen MR) is 134 cm³/mol. The fourth-order valence-corrected chi connectivity index (χ4v) is 4.10. The second kappa shape index (κ2) is 15.0. The van der Waals surface area contributed by atoms with Crippen LogP contribution in [0.15, 0.2) is 54.6 Å². The molecular formula is C29H42O2. The molecule has 2 aromatic carbocycles. The summed E-state index contributed by atoms with van der Waals surface area (Å²) in [5, 5.41) is 9.17. The van der Waals surface area contributed by atoms with Gasteiger partial charge in [0.2, 0.25) is 0 Å². The van der Waals surface area contributed by atoms with E-state index in [4.69, 9.17) is 4.74 Å². The Morgan fingerprint density at radius 3 is 2.26 bits per heavy atom. The SMILES string of the molecule is C=C(CO)CCCc1ccc(-c2ccc(CCCOC)cc2)c(CCCCCCC)c1. The first-order valence-electron chi connectivity index (χ1n) is 12.2. The summed E-state index contributed by atoms with van der Waals surface area (Å²) in [5.74, 6) is 0. The molecule has 0 fully saturated rings. The fourth-order valence-electron chi connectivity index (χ4n) is 4.10. The largest absolute Gasteiger partial charge is 0.392 e. The Hall–Kier alpha value is -1.90. The number of hydrogen-bond donors (Lipinski definition) is 1. The van der Waals surface area contributed by atoms with Gasteiger partial charge in [-0.1, -0.05) is 87.2 Å². The summed E-state index contributed by atoms with van der Waals surface area (Å²) in [5.41, 5.74) is 7.87. The molecule has 2 heteroatoms. The number of unbranched alkanes of at least 4 members (excludes halogenated alkanes) is 4. The topological polar surface area (TPSA) is 29.5 Å². The minimum atomic E-state index is 0.101. The number of aryl methyl sites for hydroxylation is 3. The Labute approximate surface area is 190 Å². The van der Waals surface area contributed by atoms with E-state index < -0.39 is 0 Å². The van der Waals surface area contributed by atoms with Crippen molar-refractivity contribution in [2.75, 3.05) is 20.3 Å². The van der Waals surface area contributed by atoms with E-state index in [9.17, 15) is 5.11 Å². The van der Waals surface area contributed by atoms with E-state index in [1.165, 1.54) is 59.9 Å². The van der Waals surface area contributed by atoms with Crippen LogP contribution in [-0.4, -0.2) is 25.4 Å². The number of aliphatic hydroxyl groups excluding tert-OH is 1. The number of aliphatic hydroxyl groups is 1. The van der Waals surface area contributed by atoms with Gasteiger partial charge in [0.15, 0.2) is 0 Å². The molecule has 1 N–H and O–H groups in total. The summed E-state index contributed by atoms with van der Waals surface area (Å²) in [4.78, 5) is 0. The van der Waals surface area contributed by atoms with Crippen LogP contribution in [0.5, 0.6) is 0 Å². The van der Waals surface area contributed by atoms with Gasteiger partial charge in [0.05, 0.1) is 6.61 Å². The Balaban J connectivity index is 2.10. The van der Waals surface area contributed by atoms with Gasteiger partial charge in [0, 0.05) is 13.7 Å². The van der Waals surface area contributed by atoms with Crippen LogP contribution in [-0.2, 0) is 24.0 Å². The molecule has 170 valence electrons. The Morgan fingerprint density at radius 1 is 0.839 bits per heavy atom. The van der Waals surface area contributed by atoms with E-state index in [1.54, 1.807) is 7.11 Å². The number of benzene rings is 2. The van der Waals surface area contributed by atoms with Crippen LogP contribution < -0.4 is 0 Å². The molecule has 0 saturated heterocycles. The zero-order chi connectivity index (χ0) is 22.3. The third-order valence-electron chi connectivity index (χ3n) is 6.02. The van der Waals surface area contributed by atoms with Gasteiger partial charge in [-0.2, -0.15) is 0 Å². The average molecular weight is 423 g/mol. The second-order valence-electron chi connectivity index (χ2n) is 8.71. The molecule has 0 spiro atoms. The molecule has 2 nitrogen and oxygen atoms in total. The quantitative estimate of drug-likeness (QED) is 0.227. The number of rotatable bonds is 16. The molecule has 0 unspecified atom stereocenters. The molecule has 2 rings (SSSR count). The van der Waals surface area contributed by atoms with E-state index in [-0.39, 0.29) is 6.61 Å². The molecule has 0 atom stereocenters. The first-order chi connectivity index (χ1) is 15.2. The summed E-state index contributed by atoms with van der Waals surface area (Å²) >= 11 is 0. The van der Waals surface area contributed by atoms with E-state index in [2.05, 4.69) is 56.0 Å². The smallest absolute Gasteiger partial charge is 0.0639 e. The van der Waals surface area contributed by atoms with Crippen molar-refractivity contribution in [2.24, 2.45) is 0 Å². The van der Waals surface area contributed by atoms with Crippen molar-refractivity contribution in [3.8, 4) is 11.1 Å². The molecule has 0 aliphatic carbocycles. The van der Waals surface area contributed by atoms with Gasteiger partial charge in [-0.25, -0.2) is 0 Å². The van der Waals surface area contributed by atoms with Gasteiger partial charge in [-0.3, -0.25) is 0 Å². The molecular weight excluding hydrogens is 380 g/mol. The standard InChI is InChI=1S/C29H42O2/c1-4-5-6-7-8-14-28-22-26(12-9-11-24(2)23-30)17-20-29(28)27-18-15-25(16-19-27)13-10-21-31-3/h15-20,22,30H,2,4-14,21,23H2,1,3H3. The first-order valence-corrected chi connectivity index (χ1v) is 12.2. The van der Waals surface area contributed by atoms with Crippen LogP contribution in [0.3, 0.4) is 0 Å². The summed E-state index contributed by atoms with van der Waals surface area (Å²) in [7, 11) is 1.76. The minimum Gasteiger partial charge on any atom is -0.392 e. The highest BCUT2D eigenvalue weighted by Crippen LogP contribution is 2.28.